The van der Waals surface area contributed by atoms with Crippen LogP contribution >= 0.6 is 34.7 Å². The number of nitrogens with one attached hydrogen (secondary N) is 1. The van der Waals surface area contributed by atoms with E-state index in [1.54, 1.807) is 19.2 Å². The Morgan fingerprint density at radius 3 is 2.65 bits per heavy atom. The summed E-state index contributed by atoms with van der Waals surface area (Å²) >= 11 is 9.13. The van der Waals surface area contributed by atoms with Gasteiger partial charge in [0, 0.05) is 18.8 Å². The molecule has 1 aromatic carbocycles. The van der Waals surface area contributed by atoms with E-state index in [9.17, 15) is 4.57 Å². The highest BCUT2D eigenvalue weighted by atomic mass is 79.9. The number of anilines is 2. The molecule has 7 nitrogen and oxygen atoms in total. The molecule has 0 aliphatic heterocycles. The molecule has 0 saturated carbocycles. The average Bonchev–Trinajstić information content (AvgIpc) is 2.96. The molecule has 1 N–H and O–H groups in total. The summed E-state index contributed by atoms with van der Waals surface area (Å²) in [5.41, 5.74) is 0.916. The Balaban J connectivity index is 2.15. The van der Waals surface area contributed by atoms with Crippen LogP contribution in [0.15, 0.2) is 29.0 Å². The number of aryl methyl sites for hydroxylation is 1. The van der Waals surface area contributed by atoms with Crippen molar-refractivity contribution in [3.63, 3.8) is 0 Å². The largest absolute Gasteiger partial charge is 0.338 e. The molecule has 0 aliphatic rings. The predicted octanol–water partition coefficient (Wildman–Crippen LogP) is 3.82. The Kier molecular flexibility index (Phi) is 5.14. The minimum absolute atomic E-state index is 0.0325. The van der Waals surface area contributed by atoms with Crippen molar-refractivity contribution in [2.24, 2.45) is 7.05 Å². The topological polar surface area (TPSA) is 85.6 Å². The molecule has 0 fully saturated rings. The Morgan fingerprint density at radius 1 is 1.31 bits per heavy atom. The van der Waals surface area contributed by atoms with Crippen molar-refractivity contribution < 1.29 is 8.96 Å². The highest BCUT2D eigenvalue weighted by Gasteiger charge is 2.26. The third-order valence-electron chi connectivity index (χ3n) is 3.50. The Bertz CT molecular complexity index is 1040. The predicted molar refractivity (Wildman–Crippen MR) is 104 cm³/mol. The minimum Gasteiger partial charge on any atom is -0.338 e. The second-order valence-electron chi connectivity index (χ2n) is 5.85. The Morgan fingerprint density at radius 2 is 2.04 bits per heavy atom. The molecule has 3 aromatic rings. The molecule has 3 rings (SSSR count). The van der Waals surface area contributed by atoms with Gasteiger partial charge in [0.15, 0.2) is 0 Å². The summed E-state index contributed by atoms with van der Waals surface area (Å²) in [6.07, 6.45) is 2.92. The van der Waals surface area contributed by atoms with Gasteiger partial charge >= 0.3 is 0 Å². The molecule has 0 unspecified atom stereocenters. The molecule has 0 saturated heterocycles. The lowest BCUT2D eigenvalue weighted by atomic mass is 10.1. The molecule has 2 aromatic heterocycles. The summed E-state index contributed by atoms with van der Waals surface area (Å²) in [7, 11) is -1.34. The van der Waals surface area contributed by atoms with E-state index in [0.717, 1.165) is 0 Å². The second-order valence-corrected chi connectivity index (χ2v) is 10.2. The normalized spacial score (nSPS) is 11.6. The highest BCUT2D eigenvalue weighted by molar-refractivity contribution is 9.10. The molecule has 0 atom stereocenters. The summed E-state index contributed by atoms with van der Waals surface area (Å²) in [5, 5.41) is 11.1. The van der Waals surface area contributed by atoms with Gasteiger partial charge in [-0.3, -0.25) is 0 Å². The minimum atomic E-state index is -2.98. The number of hydrogen-bond donors (Lipinski definition) is 1. The van der Waals surface area contributed by atoms with Gasteiger partial charge in [0.05, 0.1) is 21.7 Å². The van der Waals surface area contributed by atoms with E-state index in [-0.39, 0.29) is 16.2 Å². The van der Waals surface area contributed by atoms with Crippen LogP contribution in [-0.2, 0) is 11.6 Å². The molecule has 0 amide bonds. The van der Waals surface area contributed by atoms with E-state index < -0.39 is 13.0 Å². The first-order valence-corrected chi connectivity index (χ1v) is 11.1. The maximum absolute atomic E-state index is 15.2. The number of rotatable bonds is 4. The number of benzene rings is 1. The Hall–Kier alpha value is -1.83. The zero-order valence-corrected chi connectivity index (χ0v) is 17.3. The molecule has 11 heteroatoms. The lowest BCUT2D eigenvalue weighted by Crippen LogP contribution is -2.16. The zero-order chi connectivity index (χ0) is 19.1. The van der Waals surface area contributed by atoms with Crippen molar-refractivity contribution >= 4 is 51.5 Å². The van der Waals surface area contributed by atoms with Gasteiger partial charge in [0.1, 0.15) is 24.5 Å². The van der Waals surface area contributed by atoms with Crippen LogP contribution in [-0.4, -0.2) is 38.3 Å². The molecule has 0 aliphatic carbocycles. The molecular formula is C15H14BrClFN6OP. The van der Waals surface area contributed by atoms with Gasteiger partial charge in [-0.05, 0) is 53.0 Å². The molecule has 0 radical (unpaired) electrons. The van der Waals surface area contributed by atoms with Crippen molar-refractivity contribution in [3.8, 4) is 11.3 Å². The Labute approximate surface area is 162 Å². The monoisotopic (exact) mass is 458 g/mol. The average molecular weight is 460 g/mol. The SMILES string of the molecule is Cn1ncc(-c2ccc(Nc3nc(Cl)ncc3Br)c(P(C)(C)=O)c2F)n1. The van der Waals surface area contributed by atoms with Gasteiger partial charge in [-0.25, -0.2) is 9.37 Å². The third-order valence-corrected chi connectivity index (χ3v) is 5.77. The first kappa shape index (κ1) is 18.9. The number of halogens is 3. The van der Waals surface area contributed by atoms with E-state index in [1.165, 1.54) is 30.5 Å². The van der Waals surface area contributed by atoms with Crippen LogP contribution in [0.25, 0.3) is 11.3 Å². The maximum atomic E-state index is 15.2. The van der Waals surface area contributed by atoms with Crippen LogP contribution in [0.3, 0.4) is 0 Å². The van der Waals surface area contributed by atoms with E-state index in [4.69, 9.17) is 11.6 Å². The fraction of sp³-hybridized carbons (Fsp3) is 0.200. The molecule has 0 bridgehead atoms. The summed E-state index contributed by atoms with van der Waals surface area (Å²) in [4.78, 5) is 9.24. The first-order chi connectivity index (χ1) is 12.2. The van der Waals surface area contributed by atoms with E-state index in [2.05, 4.69) is 41.4 Å². The van der Waals surface area contributed by atoms with Crippen LogP contribution in [0, 0.1) is 5.82 Å². The number of hydrogen-bond acceptors (Lipinski definition) is 6. The van der Waals surface area contributed by atoms with Gasteiger partial charge in [-0.15, -0.1) is 0 Å². The van der Waals surface area contributed by atoms with Crippen LogP contribution < -0.4 is 10.6 Å². The van der Waals surface area contributed by atoms with Crippen molar-refractivity contribution in [1.29, 1.82) is 0 Å². The highest BCUT2D eigenvalue weighted by Crippen LogP contribution is 2.42. The van der Waals surface area contributed by atoms with E-state index in [0.29, 0.717) is 21.7 Å². The van der Waals surface area contributed by atoms with Crippen LogP contribution in [0.2, 0.25) is 5.28 Å². The van der Waals surface area contributed by atoms with E-state index in [1.807, 2.05) is 0 Å². The smallest absolute Gasteiger partial charge is 0.224 e. The summed E-state index contributed by atoms with van der Waals surface area (Å²) < 4.78 is 28.6. The first-order valence-electron chi connectivity index (χ1n) is 7.36. The summed E-state index contributed by atoms with van der Waals surface area (Å²) in [5.74, 6) is -0.272. The number of aromatic nitrogens is 5. The molecule has 136 valence electrons. The molecule has 26 heavy (non-hydrogen) atoms. The van der Waals surface area contributed by atoms with Crippen LogP contribution in [0.5, 0.6) is 0 Å². The standard InChI is InChI=1S/C15H14BrClFN6OP/c1-24-20-7-11(23-24)8-4-5-10(13(12(8)18)26(2,3)25)21-14-9(16)6-19-15(17)22-14/h4-7H,1-3H3,(H,19,21,22). The fourth-order valence-corrected chi connectivity index (χ4v) is 4.15. The quantitative estimate of drug-likeness (QED) is 0.472. The van der Waals surface area contributed by atoms with E-state index >= 15 is 4.39 Å². The van der Waals surface area contributed by atoms with Gasteiger partial charge in [-0.1, -0.05) is 0 Å². The maximum Gasteiger partial charge on any atom is 0.224 e. The van der Waals surface area contributed by atoms with Crippen molar-refractivity contribution in [2.45, 2.75) is 0 Å². The van der Waals surface area contributed by atoms with Crippen molar-refractivity contribution in [1.82, 2.24) is 25.0 Å². The van der Waals surface area contributed by atoms with Gasteiger partial charge in [0.25, 0.3) is 0 Å². The molecule has 0 spiro atoms. The van der Waals surface area contributed by atoms with Gasteiger partial charge < -0.3 is 9.88 Å². The van der Waals surface area contributed by atoms with Gasteiger partial charge in [-0.2, -0.15) is 20.0 Å². The number of nitrogens with zero attached hydrogens (tertiary/aromatic N) is 5. The van der Waals surface area contributed by atoms with Crippen molar-refractivity contribution in [3.05, 3.63) is 40.1 Å². The molecular weight excluding hydrogens is 446 g/mol. The van der Waals surface area contributed by atoms with Crippen LogP contribution in [0.4, 0.5) is 15.9 Å². The van der Waals surface area contributed by atoms with Gasteiger partial charge in [0.2, 0.25) is 5.28 Å². The summed E-state index contributed by atoms with van der Waals surface area (Å²) in [6.45, 7) is 3.00. The third kappa shape index (κ3) is 3.79. The van der Waals surface area contributed by atoms with Crippen LogP contribution in [0.1, 0.15) is 0 Å². The summed E-state index contributed by atoms with van der Waals surface area (Å²) in [6, 6.07) is 3.18. The lowest BCUT2D eigenvalue weighted by Gasteiger charge is -2.18. The zero-order valence-electron chi connectivity index (χ0n) is 14.0. The second kappa shape index (κ2) is 7.06. The molecule has 2 heterocycles. The fourth-order valence-electron chi connectivity index (χ4n) is 2.42. The van der Waals surface area contributed by atoms with Crippen molar-refractivity contribution in [2.75, 3.05) is 18.6 Å². The lowest BCUT2D eigenvalue weighted by molar-refractivity contribution is 0.585.